The van der Waals surface area contributed by atoms with Crippen molar-refractivity contribution in [2.45, 2.75) is 63.3 Å². The molecule has 6 nitrogen and oxygen atoms in total. The molecule has 0 bridgehead atoms. The van der Waals surface area contributed by atoms with Crippen LogP contribution < -0.4 is 10.1 Å². The molecule has 0 saturated heterocycles. The molecule has 0 heterocycles. The molecule has 0 unspecified atom stereocenters. The average molecular weight is 383 g/mol. The summed E-state index contributed by atoms with van der Waals surface area (Å²) in [6, 6.07) is 6.31. The summed E-state index contributed by atoms with van der Waals surface area (Å²) >= 11 is 0. The van der Waals surface area contributed by atoms with Gasteiger partial charge in [-0.2, -0.15) is 4.31 Å². The van der Waals surface area contributed by atoms with E-state index in [4.69, 9.17) is 4.74 Å². The van der Waals surface area contributed by atoms with Gasteiger partial charge >= 0.3 is 0 Å². The van der Waals surface area contributed by atoms with Gasteiger partial charge in [-0.15, -0.1) is 0 Å². The lowest BCUT2D eigenvalue weighted by Crippen LogP contribution is -2.47. The molecule has 1 aliphatic carbocycles. The van der Waals surface area contributed by atoms with Crippen molar-refractivity contribution in [1.29, 1.82) is 0 Å². The number of nitrogens with one attached hydrogen (secondary N) is 1. The van der Waals surface area contributed by atoms with E-state index in [0.29, 0.717) is 18.9 Å². The Bertz CT molecular complexity index is 667. The highest BCUT2D eigenvalue weighted by Crippen LogP contribution is 2.28. The second-order valence-electron chi connectivity index (χ2n) is 6.60. The van der Waals surface area contributed by atoms with Gasteiger partial charge in [0.2, 0.25) is 15.9 Å². The summed E-state index contributed by atoms with van der Waals surface area (Å²) in [7, 11) is -3.74. The molecule has 0 aromatic heterocycles. The summed E-state index contributed by atoms with van der Waals surface area (Å²) in [4.78, 5) is 12.4. The predicted molar refractivity (Wildman–Crippen MR) is 102 cm³/mol. The normalized spacial score (nSPS) is 15.8. The Morgan fingerprint density at radius 1 is 1.15 bits per heavy atom. The minimum absolute atomic E-state index is 0.118. The fourth-order valence-corrected chi connectivity index (χ4v) is 4.89. The van der Waals surface area contributed by atoms with Crippen molar-refractivity contribution in [3.63, 3.8) is 0 Å². The molecule has 1 fully saturated rings. The van der Waals surface area contributed by atoms with Crippen LogP contribution in [0.15, 0.2) is 29.2 Å². The van der Waals surface area contributed by atoms with Crippen LogP contribution in [0.4, 0.5) is 0 Å². The first-order valence-corrected chi connectivity index (χ1v) is 10.9. The minimum atomic E-state index is -3.74. The summed E-state index contributed by atoms with van der Waals surface area (Å²) in [6.45, 7) is 4.80. The van der Waals surface area contributed by atoms with Gasteiger partial charge in [0, 0.05) is 12.6 Å². The Kier molecular flexibility index (Phi) is 7.90. The number of ether oxygens (including phenoxy) is 1. The Hall–Kier alpha value is -1.60. The van der Waals surface area contributed by atoms with E-state index in [-0.39, 0.29) is 23.4 Å². The van der Waals surface area contributed by atoms with Crippen molar-refractivity contribution in [2.75, 3.05) is 19.7 Å². The molecule has 1 aromatic carbocycles. The summed E-state index contributed by atoms with van der Waals surface area (Å²) in [5.74, 6) is 0.392. The summed E-state index contributed by atoms with van der Waals surface area (Å²) < 4.78 is 33.2. The summed E-state index contributed by atoms with van der Waals surface area (Å²) in [5, 5.41) is 2.79. The Morgan fingerprint density at radius 3 is 2.38 bits per heavy atom. The lowest BCUT2D eigenvalue weighted by Gasteiger charge is -2.33. The lowest BCUT2D eigenvalue weighted by molar-refractivity contribution is -0.121. The van der Waals surface area contributed by atoms with Crippen molar-refractivity contribution < 1.29 is 17.9 Å². The third-order valence-corrected chi connectivity index (χ3v) is 6.51. The minimum Gasteiger partial charge on any atom is -0.494 e. The topological polar surface area (TPSA) is 75.7 Å². The van der Waals surface area contributed by atoms with Crippen LogP contribution in [0.5, 0.6) is 5.75 Å². The molecule has 2 rings (SSSR count). The van der Waals surface area contributed by atoms with Crippen molar-refractivity contribution in [1.82, 2.24) is 9.62 Å². The van der Waals surface area contributed by atoms with E-state index in [9.17, 15) is 13.2 Å². The van der Waals surface area contributed by atoms with E-state index in [0.717, 1.165) is 38.5 Å². The average Bonchev–Trinajstić information content (AvgIpc) is 2.65. The first-order chi connectivity index (χ1) is 12.5. The number of benzene rings is 1. The van der Waals surface area contributed by atoms with E-state index in [2.05, 4.69) is 5.32 Å². The van der Waals surface area contributed by atoms with Gasteiger partial charge in [0.25, 0.3) is 0 Å². The second-order valence-corrected chi connectivity index (χ2v) is 8.49. The van der Waals surface area contributed by atoms with Crippen molar-refractivity contribution >= 4 is 15.9 Å². The van der Waals surface area contributed by atoms with E-state index in [1.165, 1.54) is 4.31 Å². The quantitative estimate of drug-likeness (QED) is 0.712. The predicted octanol–water partition coefficient (Wildman–Crippen LogP) is 2.93. The van der Waals surface area contributed by atoms with E-state index >= 15 is 0 Å². The van der Waals surface area contributed by atoms with Crippen molar-refractivity contribution in [3.8, 4) is 5.75 Å². The number of hydrogen-bond acceptors (Lipinski definition) is 4. The standard InChI is InChI=1S/C19H30N2O4S/c1-3-14-20-19(22)15-21(16-8-6-5-7-9-16)26(23,24)18-12-10-17(11-13-18)25-4-2/h10-13,16H,3-9,14-15H2,1-2H3,(H,20,22). The fourth-order valence-electron chi connectivity index (χ4n) is 3.25. The molecule has 26 heavy (non-hydrogen) atoms. The number of sulfonamides is 1. The van der Waals surface area contributed by atoms with Crippen molar-refractivity contribution in [2.24, 2.45) is 0 Å². The molecule has 0 atom stereocenters. The van der Waals surface area contributed by atoms with Gasteiger partial charge in [-0.25, -0.2) is 8.42 Å². The van der Waals surface area contributed by atoms with Crippen LogP contribution in [0.3, 0.4) is 0 Å². The number of hydrogen-bond donors (Lipinski definition) is 1. The third kappa shape index (κ3) is 5.45. The second kappa shape index (κ2) is 9.92. The largest absolute Gasteiger partial charge is 0.494 e. The van der Waals surface area contributed by atoms with Crippen LogP contribution in [0, 0.1) is 0 Å². The van der Waals surface area contributed by atoms with Gasteiger partial charge in [-0.3, -0.25) is 4.79 Å². The molecule has 0 radical (unpaired) electrons. The Labute approximate surface area is 157 Å². The van der Waals surface area contributed by atoms with Crippen LogP contribution >= 0.6 is 0 Å². The van der Waals surface area contributed by atoms with E-state index < -0.39 is 10.0 Å². The number of rotatable bonds is 9. The molecule has 7 heteroatoms. The molecule has 1 amide bonds. The van der Waals surface area contributed by atoms with Gasteiger partial charge in [0.1, 0.15) is 5.75 Å². The zero-order valence-electron chi connectivity index (χ0n) is 15.7. The zero-order chi connectivity index (χ0) is 19.0. The third-order valence-electron chi connectivity index (χ3n) is 4.59. The van der Waals surface area contributed by atoms with Gasteiger partial charge in [-0.05, 0) is 50.5 Å². The maximum Gasteiger partial charge on any atom is 0.243 e. The lowest BCUT2D eigenvalue weighted by atomic mass is 9.95. The smallest absolute Gasteiger partial charge is 0.243 e. The monoisotopic (exact) mass is 382 g/mol. The number of carbonyl (C=O) groups excluding carboxylic acids is 1. The highest BCUT2D eigenvalue weighted by atomic mass is 32.2. The van der Waals surface area contributed by atoms with Crippen LogP contribution in [-0.4, -0.2) is 44.4 Å². The molecule has 0 spiro atoms. The summed E-state index contributed by atoms with van der Waals surface area (Å²) in [5.41, 5.74) is 0. The Balaban J connectivity index is 2.24. The molecule has 146 valence electrons. The first-order valence-electron chi connectivity index (χ1n) is 9.50. The number of nitrogens with zero attached hydrogens (tertiary/aromatic N) is 1. The maximum absolute atomic E-state index is 13.2. The molecular weight excluding hydrogens is 352 g/mol. The number of carbonyl (C=O) groups is 1. The van der Waals surface area contributed by atoms with Crippen LogP contribution in [0.2, 0.25) is 0 Å². The van der Waals surface area contributed by atoms with E-state index in [1.807, 2.05) is 13.8 Å². The number of amides is 1. The van der Waals surface area contributed by atoms with Crippen molar-refractivity contribution in [3.05, 3.63) is 24.3 Å². The van der Waals surface area contributed by atoms with Gasteiger partial charge < -0.3 is 10.1 Å². The van der Waals surface area contributed by atoms with Crippen LogP contribution in [0.1, 0.15) is 52.4 Å². The van der Waals surface area contributed by atoms with Gasteiger partial charge in [-0.1, -0.05) is 26.2 Å². The highest BCUT2D eigenvalue weighted by Gasteiger charge is 2.33. The fraction of sp³-hybridized carbons (Fsp3) is 0.632. The van der Waals surface area contributed by atoms with Gasteiger partial charge in [0.05, 0.1) is 18.0 Å². The first kappa shape index (κ1) is 20.7. The van der Waals surface area contributed by atoms with Crippen LogP contribution in [-0.2, 0) is 14.8 Å². The molecule has 1 aliphatic rings. The zero-order valence-corrected chi connectivity index (χ0v) is 16.6. The molecular formula is C19H30N2O4S. The Morgan fingerprint density at radius 2 is 1.81 bits per heavy atom. The molecule has 0 aliphatic heterocycles. The molecule has 1 saturated carbocycles. The molecule has 1 aromatic rings. The maximum atomic E-state index is 13.2. The van der Waals surface area contributed by atoms with E-state index in [1.54, 1.807) is 24.3 Å². The summed E-state index contributed by atoms with van der Waals surface area (Å²) in [6.07, 6.45) is 5.54. The van der Waals surface area contributed by atoms with Gasteiger partial charge in [0.15, 0.2) is 0 Å². The van der Waals surface area contributed by atoms with Crippen LogP contribution in [0.25, 0.3) is 0 Å². The highest BCUT2D eigenvalue weighted by molar-refractivity contribution is 7.89. The molecule has 1 N–H and O–H groups in total. The SMILES string of the molecule is CCCNC(=O)CN(C1CCCCC1)S(=O)(=O)c1ccc(OCC)cc1.